The summed E-state index contributed by atoms with van der Waals surface area (Å²) in [6.07, 6.45) is 3.02. The van der Waals surface area contributed by atoms with Crippen LogP contribution >= 0.6 is 15.9 Å². The Labute approximate surface area is 132 Å². The van der Waals surface area contributed by atoms with E-state index in [0.29, 0.717) is 0 Å². The number of hydrogen-bond donors (Lipinski definition) is 1. The molecule has 0 unspecified atom stereocenters. The highest BCUT2D eigenvalue weighted by Gasteiger charge is 2.15. The molecule has 2 N–H and O–H groups in total. The van der Waals surface area contributed by atoms with Gasteiger partial charge in [-0.25, -0.2) is 0 Å². The van der Waals surface area contributed by atoms with Gasteiger partial charge in [-0.1, -0.05) is 19.1 Å². The van der Waals surface area contributed by atoms with Crippen molar-refractivity contribution in [2.24, 2.45) is 0 Å². The highest BCUT2D eigenvalue weighted by atomic mass is 79.9. The minimum Gasteiger partial charge on any atom is -0.397 e. The Balaban J connectivity index is 2.09. The molecule has 0 saturated carbocycles. The number of halogens is 1. The monoisotopic (exact) mass is 346 g/mol. The molecule has 5 heteroatoms. The van der Waals surface area contributed by atoms with Gasteiger partial charge in [0.15, 0.2) is 0 Å². The fraction of sp³-hybridized carbons (Fsp3) is 0.312. The standard InChI is InChI=1S/C16H19BrN4/c1-3-13-15(17)14(21(4-2)19-13)10-20-9-8-11-6-5-7-12(18)16(11)20/h5-9H,3-4,10,18H2,1-2H3. The number of benzene rings is 1. The van der Waals surface area contributed by atoms with Crippen LogP contribution in [0.25, 0.3) is 10.9 Å². The third-order valence-corrected chi connectivity index (χ3v) is 4.75. The lowest BCUT2D eigenvalue weighted by Gasteiger charge is -2.10. The Hall–Kier alpha value is -1.75. The van der Waals surface area contributed by atoms with Crippen molar-refractivity contribution in [3.8, 4) is 0 Å². The molecule has 0 aliphatic rings. The van der Waals surface area contributed by atoms with Crippen LogP contribution in [0.3, 0.4) is 0 Å². The van der Waals surface area contributed by atoms with E-state index in [4.69, 9.17) is 5.73 Å². The van der Waals surface area contributed by atoms with Crippen molar-refractivity contribution in [3.63, 3.8) is 0 Å². The first-order chi connectivity index (χ1) is 10.2. The maximum atomic E-state index is 6.14. The second kappa shape index (κ2) is 5.56. The van der Waals surface area contributed by atoms with Gasteiger partial charge in [-0.05, 0) is 41.4 Å². The minimum absolute atomic E-state index is 0.763. The number of nitrogens with two attached hydrogens (primary N) is 1. The fourth-order valence-corrected chi connectivity index (χ4v) is 3.44. The molecule has 110 valence electrons. The predicted molar refractivity (Wildman–Crippen MR) is 90.4 cm³/mol. The topological polar surface area (TPSA) is 48.8 Å². The van der Waals surface area contributed by atoms with E-state index in [-0.39, 0.29) is 0 Å². The quantitative estimate of drug-likeness (QED) is 0.730. The van der Waals surface area contributed by atoms with E-state index in [0.717, 1.165) is 40.9 Å². The fourth-order valence-electron chi connectivity index (χ4n) is 2.75. The second-order valence-electron chi connectivity index (χ2n) is 5.11. The third kappa shape index (κ3) is 2.35. The largest absolute Gasteiger partial charge is 0.397 e. The Bertz CT molecular complexity index is 785. The SMILES string of the molecule is CCc1nn(CC)c(Cn2ccc3cccc(N)c32)c1Br. The van der Waals surface area contributed by atoms with Gasteiger partial charge >= 0.3 is 0 Å². The van der Waals surface area contributed by atoms with Crippen molar-refractivity contribution in [2.75, 3.05) is 5.73 Å². The van der Waals surface area contributed by atoms with E-state index in [9.17, 15) is 0 Å². The van der Waals surface area contributed by atoms with Crippen molar-refractivity contribution in [3.05, 3.63) is 46.3 Å². The number of nitrogens with zero attached hydrogens (tertiary/aromatic N) is 3. The zero-order chi connectivity index (χ0) is 15.0. The molecule has 0 spiro atoms. The van der Waals surface area contributed by atoms with E-state index in [1.807, 2.05) is 12.1 Å². The van der Waals surface area contributed by atoms with Crippen LogP contribution in [0.15, 0.2) is 34.9 Å². The van der Waals surface area contributed by atoms with Gasteiger partial charge in [-0.2, -0.15) is 5.10 Å². The third-order valence-electron chi connectivity index (χ3n) is 3.83. The summed E-state index contributed by atoms with van der Waals surface area (Å²) >= 11 is 3.70. The Morgan fingerprint density at radius 1 is 1.24 bits per heavy atom. The molecule has 4 nitrogen and oxygen atoms in total. The number of para-hydroxylation sites is 1. The summed E-state index contributed by atoms with van der Waals surface area (Å²) in [6.45, 7) is 5.87. The molecule has 0 atom stereocenters. The van der Waals surface area contributed by atoms with Crippen molar-refractivity contribution in [1.82, 2.24) is 14.3 Å². The first kappa shape index (κ1) is 14.2. The van der Waals surface area contributed by atoms with Crippen LogP contribution in [0.1, 0.15) is 25.2 Å². The summed E-state index contributed by atoms with van der Waals surface area (Å²) in [4.78, 5) is 0. The molecule has 0 amide bonds. The van der Waals surface area contributed by atoms with Crippen LogP contribution in [0.4, 0.5) is 5.69 Å². The molecular weight excluding hydrogens is 328 g/mol. The maximum absolute atomic E-state index is 6.14. The molecule has 0 aliphatic heterocycles. The first-order valence-electron chi connectivity index (χ1n) is 7.23. The maximum Gasteiger partial charge on any atom is 0.0767 e. The van der Waals surface area contributed by atoms with E-state index >= 15 is 0 Å². The summed E-state index contributed by atoms with van der Waals surface area (Å²) < 4.78 is 5.37. The molecule has 0 radical (unpaired) electrons. The number of rotatable bonds is 4. The summed E-state index contributed by atoms with van der Waals surface area (Å²) in [5, 5.41) is 5.83. The molecule has 0 fully saturated rings. The van der Waals surface area contributed by atoms with Crippen LogP contribution in [0.2, 0.25) is 0 Å². The molecule has 1 aromatic carbocycles. The average molecular weight is 347 g/mol. The lowest BCUT2D eigenvalue weighted by Crippen LogP contribution is -2.08. The summed E-state index contributed by atoms with van der Waals surface area (Å²) in [7, 11) is 0. The highest BCUT2D eigenvalue weighted by Crippen LogP contribution is 2.27. The minimum atomic E-state index is 0.763. The summed E-state index contributed by atoms with van der Waals surface area (Å²) in [6, 6.07) is 8.13. The zero-order valence-electron chi connectivity index (χ0n) is 12.3. The Morgan fingerprint density at radius 2 is 2.05 bits per heavy atom. The van der Waals surface area contributed by atoms with Gasteiger partial charge in [0.25, 0.3) is 0 Å². The normalized spacial score (nSPS) is 11.4. The van der Waals surface area contributed by atoms with Gasteiger partial charge in [-0.15, -0.1) is 0 Å². The highest BCUT2D eigenvalue weighted by molar-refractivity contribution is 9.10. The Morgan fingerprint density at radius 3 is 2.76 bits per heavy atom. The number of fused-ring (bicyclic) bond motifs is 1. The second-order valence-corrected chi connectivity index (χ2v) is 5.90. The smallest absolute Gasteiger partial charge is 0.0767 e. The number of aromatic nitrogens is 3. The van der Waals surface area contributed by atoms with Crippen molar-refractivity contribution in [1.29, 1.82) is 0 Å². The number of nitrogen functional groups attached to an aromatic ring is 1. The van der Waals surface area contributed by atoms with Gasteiger partial charge in [0.05, 0.1) is 33.6 Å². The molecule has 21 heavy (non-hydrogen) atoms. The van der Waals surface area contributed by atoms with Gasteiger partial charge in [0, 0.05) is 18.1 Å². The van der Waals surface area contributed by atoms with Gasteiger partial charge in [0.1, 0.15) is 0 Å². The number of anilines is 1. The number of hydrogen-bond acceptors (Lipinski definition) is 2. The predicted octanol–water partition coefficient (Wildman–Crippen LogP) is 3.81. The molecule has 0 saturated heterocycles. The van der Waals surface area contributed by atoms with Crippen molar-refractivity contribution < 1.29 is 0 Å². The first-order valence-corrected chi connectivity index (χ1v) is 8.02. The van der Waals surface area contributed by atoms with Crippen LogP contribution in [-0.2, 0) is 19.5 Å². The molecule has 2 aromatic heterocycles. The molecule has 0 bridgehead atoms. The zero-order valence-corrected chi connectivity index (χ0v) is 13.9. The van der Waals surface area contributed by atoms with E-state index in [1.54, 1.807) is 0 Å². The average Bonchev–Trinajstić information content (AvgIpc) is 3.03. The molecule has 2 heterocycles. The van der Waals surface area contributed by atoms with E-state index in [1.165, 1.54) is 11.1 Å². The lowest BCUT2D eigenvalue weighted by atomic mass is 10.2. The van der Waals surface area contributed by atoms with E-state index < -0.39 is 0 Å². The van der Waals surface area contributed by atoms with E-state index in [2.05, 4.69) is 62.5 Å². The van der Waals surface area contributed by atoms with Crippen LogP contribution in [0.5, 0.6) is 0 Å². The van der Waals surface area contributed by atoms with Crippen LogP contribution in [-0.4, -0.2) is 14.3 Å². The van der Waals surface area contributed by atoms with Crippen molar-refractivity contribution >= 4 is 32.5 Å². The summed E-state index contributed by atoms with van der Waals surface area (Å²) in [5.74, 6) is 0. The van der Waals surface area contributed by atoms with Gasteiger partial charge < -0.3 is 10.3 Å². The summed E-state index contributed by atoms with van der Waals surface area (Å²) in [5.41, 5.74) is 10.3. The molecule has 3 rings (SSSR count). The van der Waals surface area contributed by atoms with Crippen molar-refractivity contribution in [2.45, 2.75) is 33.4 Å². The Kier molecular flexibility index (Phi) is 3.76. The molecular formula is C16H19BrN4. The van der Waals surface area contributed by atoms with Crippen LogP contribution < -0.4 is 5.73 Å². The van der Waals surface area contributed by atoms with Gasteiger partial charge in [0.2, 0.25) is 0 Å². The lowest BCUT2D eigenvalue weighted by molar-refractivity contribution is 0.598. The van der Waals surface area contributed by atoms with Crippen LogP contribution in [0, 0.1) is 0 Å². The van der Waals surface area contributed by atoms with Gasteiger partial charge in [-0.3, -0.25) is 4.68 Å². The molecule has 0 aliphatic carbocycles. The number of aryl methyl sites for hydroxylation is 2. The molecule has 3 aromatic rings.